The summed E-state index contributed by atoms with van der Waals surface area (Å²) in [5.74, 6) is -0.552. The summed E-state index contributed by atoms with van der Waals surface area (Å²) >= 11 is 0. The first-order chi connectivity index (χ1) is 9.40. The third-order valence-corrected chi connectivity index (χ3v) is 2.76. The first-order valence-electron chi connectivity index (χ1n) is 6.45. The van der Waals surface area contributed by atoms with Crippen LogP contribution >= 0.6 is 0 Å². The standard InChI is InChI=1S/C14H22N4O2/c1-10(19)17-12-6-4-11(5-7-12)13(14(15)20)16-8-9-18(2)3/h4-7,13,16H,8-9H2,1-3H3,(H2,15,20)(H,17,19). The molecular formula is C14H22N4O2. The zero-order valence-electron chi connectivity index (χ0n) is 12.1. The number of amides is 2. The zero-order chi connectivity index (χ0) is 15.1. The normalized spacial score (nSPS) is 12.2. The molecule has 0 bridgehead atoms. The van der Waals surface area contributed by atoms with E-state index in [4.69, 9.17) is 5.73 Å². The first-order valence-corrected chi connectivity index (χ1v) is 6.45. The summed E-state index contributed by atoms with van der Waals surface area (Å²) in [6, 6.07) is 6.54. The molecule has 0 saturated heterocycles. The summed E-state index contributed by atoms with van der Waals surface area (Å²) < 4.78 is 0. The van der Waals surface area contributed by atoms with Crippen LogP contribution in [-0.4, -0.2) is 43.9 Å². The predicted octanol–water partition coefficient (Wildman–Crippen LogP) is 0.323. The quantitative estimate of drug-likeness (QED) is 0.670. The van der Waals surface area contributed by atoms with E-state index in [0.717, 1.165) is 12.1 Å². The molecule has 2 amide bonds. The second kappa shape index (κ2) is 7.62. The minimum atomic E-state index is -0.527. The van der Waals surface area contributed by atoms with Crippen LogP contribution in [0.3, 0.4) is 0 Å². The molecule has 0 aliphatic rings. The fourth-order valence-electron chi connectivity index (χ4n) is 1.78. The highest BCUT2D eigenvalue weighted by molar-refractivity contribution is 5.88. The highest BCUT2D eigenvalue weighted by Crippen LogP contribution is 2.16. The van der Waals surface area contributed by atoms with Crippen molar-refractivity contribution in [2.75, 3.05) is 32.5 Å². The number of carbonyl (C=O) groups is 2. The Bertz CT molecular complexity index is 457. The van der Waals surface area contributed by atoms with Gasteiger partial charge in [0, 0.05) is 25.7 Å². The summed E-state index contributed by atoms with van der Waals surface area (Å²) in [5.41, 5.74) is 6.89. The number of likely N-dealkylation sites (N-methyl/N-ethyl adjacent to an activating group) is 1. The number of nitrogens with one attached hydrogen (secondary N) is 2. The maximum Gasteiger partial charge on any atom is 0.239 e. The molecule has 0 aromatic heterocycles. The van der Waals surface area contributed by atoms with Crippen LogP contribution < -0.4 is 16.4 Å². The van der Waals surface area contributed by atoms with Gasteiger partial charge in [-0.25, -0.2) is 0 Å². The van der Waals surface area contributed by atoms with Crippen LogP contribution in [-0.2, 0) is 9.59 Å². The van der Waals surface area contributed by atoms with Crippen LogP contribution in [0.2, 0.25) is 0 Å². The average Bonchev–Trinajstić information content (AvgIpc) is 2.34. The zero-order valence-corrected chi connectivity index (χ0v) is 12.1. The van der Waals surface area contributed by atoms with E-state index in [1.165, 1.54) is 6.92 Å². The number of carbonyl (C=O) groups excluding carboxylic acids is 2. The van der Waals surface area contributed by atoms with E-state index < -0.39 is 11.9 Å². The topological polar surface area (TPSA) is 87.5 Å². The molecule has 1 unspecified atom stereocenters. The highest BCUT2D eigenvalue weighted by atomic mass is 16.2. The Morgan fingerprint density at radius 1 is 1.25 bits per heavy atom. The van der Waals surface area contributed by atoms with E-state index >= 15 is 0 Å². The van der Waals surface area contributed by atoms with Crippen LogP contribution in [0.15, 0.2) is 24.3 Å². The Labute approximate surface area is 119 Å². The molecule has 1 aromatic rings. The van der Waals surface area contributed by atoms with Crippen molar-refractivity contribution in [1.29, 1.82) is 0 Å². The molecule has 0 heterocycles. The van der Waals surface area contributed by atoms with E-state index in [-0.39, 0.29) is 5.91 Å². The maximum atomic E-state index is 11.5. The van der Waals surface area contributed by atoms with Gasteiger partial charge in [-0.1, -0.05) is 12.1 Å². The fraction of sp³-hybridized carbons (Fsp3) is 0.429. The summed E-state index contributed by atoms with van der Waals surface area (Å²) in [6.07, 6.45) is 0. The van der Waals surface area contributed by atoms with Gasteiger partial charge in [-0.05, 0) is 31.8 Å². The fourth-order valence-corrected chi connectivity index (χ4v) is 1.78. The molecule has 1 aromatic carbocycles. The third-order valence-electron chi connectivity index (χ3n) is 2.76. The number of anilines is 1. The van der Waals surface area contributed by atoms with Gasteiger partial charge in [-0.15, -0.1) is 0 Å². The highest BCUT2D eigenvalue weighted by Gasteiger charge is 2.16. The number of nitrogens with zero attached hydrogens (tertiary/aromatic N) is 1. The predicted molar refractivity (Wildman–Crippen MR) is 79.2 cm³/mol. The Hall–Kier alpha value is -1.92. The van der Waals surface area contributed by atoms with Gasteiger partial charge >= 0.3 is 0 Å². The molecule has 0 saturated carbocycles. The molecule has 0 radical (unpaired) electrons. The molecule has 6 nitrogen and oxygen atoms in total. The maximum absolute atomic E-state index is 11.5. The van der Waals surface area contributed by atoms with Gasteiger partial charge in [-0.3, -0.25) is 9.59 Å². The first kappa shape index (κ1) is 16.1. The van der Waals surface area contributed by atoms with E-state index in [9.17, 15) is 9.59 Å². The van der Waals surface area contributed by atoms with Gasteiger partial charge in [0.25, 0.3) is 0 Å². The van der Waals surface area contributed by atoms with Crippen molar-refractivity contribution >= 4 is 17.5 Å². The summed E-state index contributed by atoms with van der Waals surface area (Å²) in [4.78, 5) is 24.5. The van der Waals surface area contributed by atoms with E-state index in [0.29, 0.717) is 12.2 Å². The summed E-state index contributed by atoms with van der Waals surface area (Å²) in [5, 5.41) is 5.80. The molecule has 0 fully saturated rings. The molecule has 6 heteroatoms. The second-order valence-corrected chi connectivity index (χ2v) is 4.90. The monoisotopic (exact) mass is 278 g/mol. The van der Waals surface area contributed by atoms with Crippen molar-refractivity contribution in [3.8, 4) is 0 Å². The van der Waals surface area contributed by atoms with Crippen molar-refractivity contribution < 1.29 is 9.59 Å². The van der Waals surface area contributed by atoms with Crippen molar-refractivity contribution in [3.63, 3.8) is 0 Å². The molecule has 110 valence electrons. The summed E-state index contributed by atoms with van der Waals surface area (Å²) in [7, 11) is 3.92. The van der Waals surface area contributed by atoms with Crippen LogP contribution in [0.1, 0.15) is 18.5 Å². The molecule has 0 aliphatic heterocycles. The lowest BCUT2D eigenvalue weighted by molar-refractivity contribution is -0.120. The Kier molecular flexibility index (Phi) is 6.14. The van der Waals surface area contributed by atoms with Gasteiger partial charge in [-0.2, -0.15) is 0 Å². The van der Waals surface area contributed by atoms with Gasteiger partial charge in [0.05, 0.1) is 0 Å². The van der Waals surface area contributed by atoms with Crippen molar-refractivity contribution in [2.45, 2.75) is 13.0 Å². The minimum Gasteiger partial charge on any atom is -0.368 e. The van der Waals surface area contributed by atoms with Gasteiger partial charge in [0.2, 0.25) is 11.8 Å². The van der Waals surface area contributed by atoms with Crippen molar-refractivity contribution in [3.05, 3.63) is 29.8 Å². The van der Waals surface area contributed by atoms with Gasteiger partial charge in [0.1, 0.15) is 6.04 Å². The number of hydrogen-bond donors (Lipinski definition) is 3. The van der Waals surface area contributed by atoms with Crippen LogP contribution in [0.5, 0.6) is 0 Å². The van der Waals surface area contributed by atoms with Gasteiger partial charge in [0.15, 0.2) is 0 Å². The van der Waals surface area contributed by atoms with Crippen molar-refractivity contribution in [1.82, 2.24) is 10.2 Å². The molecule has 0 spiro atoms. The lowest BCUT2D eigenvalue weighted by Crippen LogP contribution is -2.37. The van der Waals surface area contributed by atoms with Crippen LogP contribution in [0.25, 0.3) is 0 Å². The molecule has 20 heavy (non-hydrogen) atoms. The number of primary amides is 1. The lowest BCUT2D eigenvalue weighted by Gasteiger charge is -2.18. The number of rotatable bonds is 7. The largest absolute Gasteiger partial charge is 0.368 e. The molecule has 1 rings (SSSR count). The Morgan fingerprint density at radius 2 is 1.85 bits per heavy atom. The van der Waals surface area contributed by atoms with E-state index in [2.05, 4.69) is 10.6 Å². The van der Waals surface area contributed by atoms with Crippen LogP contribution in [0, 0.1) is 0 Å². The molecule has 0 aliphatic carbocycles. The second-order valence-electron chi connectivity index (χ2n) is 4.90. The van der Waals surface area contributed by atoms with Gasteiger partial charge < -0.3 is 21.3 Å². The Morgan fingerprint density at radius 3 is 2.30 bits per heavy atom. The third kappa shape index (κ3) is 5.38. The number of benzene rings is 1. The molecule has 1 atom stereocenters. The Balaban J connectivity index is 2.71. The van der Waals surface area contributed by atoms with E-state index in [1.807, 2.05) is 19.0 Å². The average molecular weight is 278 g/mol. The molecular weight excluding hydrogens is 256 g/mol. The van der Waals surface area contributed by atoms with Crippen LogP contribution in [0.4, 0.5) is 5.69 Å². The van der Waals surface area contributed by atoms with E-state index in [1.54, 1.807) is 24.3 Å². The van der Waals surface area contributed by atoms with Crippen molar-refractivity contribution in [2.24, 2.45) is 5.73 Å². The number of nitrogens with two attached hydrogens (primary N) is 1. The lowest BCUT2D eigenvalue weighted by atomic mass is 10.1. The SMILES string of the molecule is CC(=O)Nc1ccc(C(NCCN(C)C)C(N)=O)cc1. The minimum absolute atomic E-state index is 0.131. The summed E-state index contributed by atoms with van der Waals surface area (Å²) in [6.45, 7) is 2.92. The molecule has 4 N–H and O–H groups in total. The number of hydrogen-bond acceptors (Lipinski definition) is 4. The smallest absolute Gasteiger partial charge is 0.239 e.